The molecule has 28 heavy (non-hydrogen) atoms. The molecule has 6 nitrogen and oxygen atoms in total. The number of hydrogen-bond donors (Lipinski definition) is 1. The molecular weight excluding hydrogens is 354 g/mol. The summed E-state index contributed by atoms with van der Waals surface area (Å²) in [5, 5.41) is 9.41. The van der Waals surface area contributed by atoms with E-state index in [4.69, 9.17) is 0 Å². The van der Waals surface area contributed by atoms with Gasteiger partial charge in [-0.1, -0.05) is 18.2 Å². The highest BCUT2D eigenvalue weighted by atomic mass is 16.4. The number of carbonyl (C=O) groups is 2. The first kappa shape index (κ1) is 18.2. The lowest BCUT2D eigenvalue weighted by Gasteiger charge is -2.37. The Morgan fingerprint density at radius 3 is 2.61 bits per heavy atom. The number of benzene rings is 2. The van der Waals surface area contributed by atoms with Gasteiger partial charge in [-0.15, -0.1) is 0 Å². The first-order valence-electron chi connectivity index (χ1n) is 9.55. The van der Waals surface area contributed by atoms with E-state index in [2.05, 4.69) is 9.55 Å². The molecule has 0 unspecified atom stereocenters. The Labute approximate surface area is 163 Å². The van der Waals surface area contributed by atoms with Crippen LogP contribution in [0.5, 0.6) is 0 Å². The second kappa shape index (κ2) is 7.11. The maximum Gasteiger partial charge on any atom is 0.308 e. The summed E-state index contributed by atoms with van der Waals surface area (Å²) in [4.78, 5) is 30.9. The molecule has 0 spiro atoms. The Morgan fingerprint density at radius 2 is 1.89 bits per heavy atom. The molecule has 6 heteroatoms. The summed E-state index contributed by atoms with van der Waals surface area (Å²) >= 11 is 0. The van der Waals surface area contributed by atoms with E-state index in [0.29, 0.717) is 24.9 Å². The van der Waals surface area contributed by atoms with E-state index in [1.165, 1.54) is 0 Å². The Kier molecular flexibility index (Phi) is 4.63. The van der Waals surface area contributed by atoms with Crippen molar-refractivity contribution < 1.29 is 14.7 Å². The van der Waals surface area contributed by atoms with Crippen LogP contribution in [0, 0.1) is 12.8 Å². The van der Waals surface area contributed by atoms with Gasteiger partial charge < -0.3 is 10.0 Å². The Hall–Kier alpha value is -3.15. The monoisotopic (exact) mass is 377 g/mol. The lowest BCUT2D eigenvalue weighted by molar-refractivity contribution is -0.144. The SMILES string of the molecule is Cc1nc2cc(C(=O)N3CCC[C@@H](C(=O)O)[C@H]3C)ccc2n1-c1ccccc1. The van der Waals surface area contributed by atoms with Crippen molar-refractivity contribution in [2.24, 2.45) is 5.92 Å². The van der Waals surface area contributed by atoms with Crippen molar-refractivity contribution in [3.8, 4) is 5.69 Å². The molecule has 1 N–H and O–H groups in total. The summed E-state index contributed by atoms with van der Waals surface area (Å²) in [6.45, 7) is 4.35. The van der Waals surface area contributed by atoms with Crippen molar-refractivity contribution in [2.75, 3.05) is 6.54 Å². The minimum absolute atomic E-state index is 0.132. The number of carboxylic acid groups (broad SMARTS) is 1. The zero-order valence-corrected chi connectivity index (χ0v) is 16.0. The molecule has 1 fully saturated rings. The number of carboxylic acids is 1. The molecule has 1 aliphatic heterocycles. The second-order valence-corrected chi connectivity index (χ2v) is 7.36. The van der Waals surface area contributed by atoms with Gasteiger partial charge in [0.1, 0.15) is 5.82 Å². The van der Waals surface area contributed by atoms with Crippen LogP contribution in [-0.4, -0.2) is 44.0 Å². The number of likely N-dealkylation sites (tertiary alicyclic amines) is 1. The molecule has 3 aromatic rings. The van der Waals surface area contributed by atoms with Gasteiger partial charge in [-0.05, 0) is 57.0 Å². The normalized spacial score (nSPS) is 19.7. The molecule has 1 aromatic heterocycles. The largest absolute Gasteiger partial charge is 0.481 e. The van der Waals surface area contributed by atoms with Gasteiger partial charge in [0.15, 0.2) is 0 Å². The van der Waals surface area contributed by atoms with Crippen molar-refractivity contribution in [1.82, 2.24) is 14.5 Å². The summed E-state index contributed by atoms with van der Waals surface area (Å²) in [5.41, 5.74) is 3.26. The highest BCUT2D eigenvalue weighted by Crippen LogP contribution is 2.27. The van der Waals surface area contributed by atoms with Crippen LogP contribution >= 0.6 is 0 Å². The summed E-state index contributed by atoms with van der Waals surface area (Å²) in [5.74, 6) is -0.631. The topological polar surface area (TPSA) is 75.4 Å². The minimum atomic E-state index is -0.835. The first-order valence-corrected chi connectivity index (χ1v) is 9.55. The number of amides is 1. The fraction of sp³-hybridized carbons (Fsp3) is 0.318. The number of hydrogen-bond acceptors (Lipinski definition) is 3. The first-order chi connectivity index (χ1) is 13.5. The maximum absolute atomic E-state index is 13.1. The lowest BCUT2D eigenvalue weighted by atomic mass is 9.90. The number of para-hydroxylation sites is 1. The highest BCUT2D eigenvalue weighted by Gasteiger charge is 2.35. The molecule has 1 aliphatic rings. The molecular formula is C22H23N3O3. The van der Waals surface area contributed by atoms with Crippen molar-refractivity contribution in [2.45, 2.75) is 32.7 Å². The Morgan fingerprint density at radius 1 is 1.14 bits per heavy atom. The Bertz CT molecular complexity index is 1040. The van der Waals surface area contributed by atoms with Crippen molar-refractivity contribution in [3.63, 3.8) is 0 Å². The predicted octanol–water partition coefficient (Wildman–Crippen LogP) is 3.66. The number of fused-ring (bicyclic) bond motifs is 1. The number of imidazole rings is 1. The maximum atomic E-state index is 13.1. The van der Waals surface area contributed by atoms with Crippen LogP contribution in [-0.2, 0) is 4.79 Å². The third-order valence-electron chi connectivity index (χ3n) is 5.65. The average molecular weight is 377 g/mol. The molecule has 0 aliphatic carbocycles. The zero-order valence-electron chi connectivity index (χ0n) is 16.0. The van der Waals surface area contributed by atoms with E-state index in [0.717, 1.165) is 22.5 Å². The van der Waals surface area contributed by atoms with E-state index >= 15 is 0 Å². The van der Waals surface area contributed by atoms with Gasteiger partial charge in [-0.3, -0.25) is 14.2 Å². The van der Waals surface area contributed by atoms with Crippen LogP contribution in [0.2, 0.25) is 0 Å². The van der Waals surface area contributed by atoms with Crippen LogP contribution in [0.3, 0.4) is 0 Å². The molecule has 1 amide bonds. The zero-order chi connectivity index (χ0) is 19.8. The summed E-state index contributed by atoms with van der Waals surface area (Å²) < 4.78 is 2.06. The number of carbonyl (C=O) groups excluding carboxylic acids is 1. The quantitative estimate of drug-likeness (QED) is 0.756. The van der Waals surface area contributed by atoms with Crippen molar-refractivity contribution in [1.29, 1.82) is 0 Å². The molecule has 4 rings (SSSR count). The molecule has 2 aromatic carbocycles. The van der Waals surface area contributed by atoms with E-state index in [1.807, 2.05) is 56.3 Å². The summed E-state index contributed by atoms with van der Waals surface area (Å²) in [7, 11) is 0. The minimum Gasteiger partial charge on any atom is -0.481 e. The second-order valence-electron chi connectivity index (χ2n) is 7.36. The number of rotatable bonds is 3. The van der Waals surface area contributed by atoms with Crippen molar-refractivity contribution in [3.05, 3.63) is 59.9 Å². The van der Waals surface area contributed by atoms with E-state index < -0.39 is 11.9 Å². The Balaban J connectivity index is 1.69. The van der Waals surface area contributed by atoms with Crippen LogP contribution in [0.4, 0.5) is 0 Å². The number of piperidine rings is 1. The van der Waals surface area contributed by atoms with Crippen LogP contribution in [0.25, 0.3) is 16.7 Å². The number of nitrogens with zero attached hydrogens (tertiary/aromatic N) is 3. The molecule has 1 saturated heterocycles. The molecule has 0 bridgehead atoms. The smallest absolute Gasteiger partial charge is 0.308 e. The van der Waals surface area contributed by atoms with E-state index in [-0.39, 0.29) is 11.9 Å². The van der Waals surface area contributed by atoms with Gasteiger partial charge in [0.25, 0.3) is 5.91 Å². The number of aryl methyl sites for hydroxylation is 1. The van der Waals surface area contributed by atoms with E-state index in [1.54, 1.807) is 11.0 Å². The van der Waals surface area contributed by atoms with Crippen LogP contribution in [0.15, 0.2) is 48.5 Å². The van der Waals surface area contributed by atoms with Gasteiger partial charge in [-0.2, -0.15) is 0 Å². The predicted molar refractivity (Wildman–Crippen MR) is 107 cm³/mol. The molecule has 0 radical (unpaired) electrons. The van der Waals surface area contributed by atoms with Gasteiger partial charge >= 0.3 is 5.97 Å². The van der Waals surface area contributed by atoms with Crippen LogP contribution in [0.1, 0.15) is 35.9 Å². The third kappa shape index (κ3) is 3.05. The van der Waals surface area contributed by atoms with Crippen molar-refractivity contribution >= 4 is 22.9 Å². The van der Waals surface area contributed by atoms with Gasteiger partial charge in [0.05, 0.1) is 17.0 Å². The van der Waals surface area contributed by atoms with Gasteiger partial charge in [0.2, 0.25) is 0 Å². The van der Waals surface area contributed by atoms with Gasteiger partial charge in [-0.25, -0.2) is 4.98 Å². The molecule has 2 atom stereocenters. The fourth-order valence-electron chi connectivity index (χ4n) is 4.16. The number of aromatic nitrogens is 2. The summed E-state index contributed by atoms with van der Waals surface area (Å²) in [6.07, 6.45) is 1.32. The lowest BCUT2D eigenvalue weighted by Crippen LogP contribution is -2.49. The molecule has 2 heterocycles. The number of aliphatic carboxylic acids is 1. The fourth-order valence-corrected chi connectivity index (χ4v) is 4.16. The van der Waals surface area contributed by atoms with Crippen LogP contribution < -0.4 is 0 Å². The molecule has 0 saturated carbocycles. The standard InChI is InChI=1S/C22H23N3O3/c1-14-18(22(27)28)9-6-12-24(14)21(26)16-10-11-20-19(13-16)23-15(2)25(20)17-7-4-3-5-8-17/h3-5,7-8,10-11,13-14,18H,6,9,12H2,1-2H3,(H,27,28)/t14-,18-/m1/s1. The third-order valence-corrected chi connectivity index (χ3v) is 5.65. The van der Waals surface area contributed by atoms with E-state index in [9.17, 15) is 14.7 Å². The average Bonchev–Trinajstić information content (AvgIpc) is 3.03. The molecule has 144 valence electrons. The highest BCUT2D eigenvalue weighted by molar-refractivity contribution is 5.98. The van der Waals surface area contributed by atoms with Gasteiger partial charge in [0, 0.05) is 23.8 Å². The summed E-state index contributed by atoms with van der Waals surface area (Å²) in [6, 6.07) is 15.2.